The Morgan fingerprint density at radius 1 is 0.953 bits per heavy atom. The van der Waals surface area contributed by atoms with E-state index in [4.69, 9.17) is 18.8 Å². The summed E-state index contributed by atoms with van der Waals surface area (Å²) in [7, 11) is -0.490. The number of morpholine rings is 1. The second kappa shape index (κ2) is 9.93. The fraction of sp³-hybridized carbons (Fsp3) is 0.758. The van der Waals surface area contributed by atoms with Crippen LogP contribution < -0.4 is 10.4 Å². The van der Waals surface area contributed by atoms with Gasteiger partial charge in [-0.15, -0.1) is 0 Å². The van der Waals surface area contributed by atoms with Crippen molar-refractivity contribution in [3.05, 3.63) is 23.8 Å². The molecule has 1 aliphatic carbocycles. The molecular weight excluding hydrogens is 545 g/mol. The second-order valence-corrected chi connectivity index (χ2v) is 15.8. The molecule has 43 heavy (non-hydrogen) atoms. The van der Waals surface area contributed by atoms with E-state index in [0.29, 0.717) is 44.2 Å². The van der Waals surface area contributed by atoms with E-state index in [1.54, 1.807) is 4.90 Å². The monoisotopic (exact) mass is 593 g/mol. The number of rotatable bonds is 3. The number of piperidine rings is 1. The minimum absolute atomic E-state index is 0.161. The summed E-state index contributed by atoms with van der Waals surface area (Å²) < 4.78 is 24.6. The highest BCUT2D eigenvalue weighted by atomic mass is 16.7. The molecule has 0 radical (unpaired) electrons. The molecule has 0 aromatic heterocycles. The van der Waals surface area contributed by atoms with Crippen LogP contribution >= 0.6 is 0 Å². The molecule has 4 saturated heterocycles. The Morgan fingerprint density at radius 3 is 2.14 bits per heavy atom. The van der Waals surface area contributed by atoms with E-state index < -0.39 is 29.3 Å². The van der Waals surface area contributed by atoms with Crippen molar-refractivity contribution >= 4 is 30.3 Å². The Labute approximate surface area is 256 Å². The average molecular weight is 594 g/mol. The van der Waals surface area contributed by atoms with Crippen LogP contribution in [0.1, 0.15) is 92.6 Å². The lowest BCUT2D eigenvalue weighted by atomic mass is 9.71. The van der Waals surface area contributed by atoms with Crippen LogP contribution in [0, 0.1) is 0 Å². The van der Waals surface area contributed by atoms with Crippen LogP contribution in [-0.4, -0.2) is 96.2 Å². The zero-order valence-corrected chi connectivity index (χ0v) is 27.0. The standard InChI is InChI=1S/C33H48BN3O6/c1-30(2,3)41-29(39)35-14-12-33(13-15-35)26-11-8-21(34-42-31(4,5)32(6,7)43-34)16-27(26)37(28(33)38)23-17-22(18-23)36-19-24-9-10-25(20-36)40-24/h8,11,16,22-25H,9-10,12-15,17-20H2,1-7H3. The van der Waals surface area contributed by atoms with Gasteiger partial charge in [-0.05, 0) is 104 Å². The van der Waals surface area contributed by atoms with Crippen LogP contribution in [0.5, 0.6) is 0 Å². The molecule has 2 bridgehead atoms. The number of ether oxygens (including phenoxy) is 2. The summed E-state index contributed by atoms with van der Waals surface area (Å²) in [6, 6.07) is 7.00. The summed E-state index contributed by atoms with van der Waals surface area (Å²) in [4.78, 5) is 34.0. The maximum Gasteiger partial charge on any atom is 0.494 e. The first-order valence-corrected chi connectivity index (χ1v) is 16.4. The number of fused-ring (bicyclic) bond motifs is 4. The first kappa shape index (κ1) is 29.6. The maximum absolute atomic E-state index is 14.6. The Balaban J connectivity index is 1.15. The number of benzene rings is 1. The maximum atomic E-state index is 14.6. The molecule has 2 unspecified atom stereocenters. The molecule has 5 aliphatic heterocycles. The highest BCUT2D eigenvalue weighted by molar-refractivity contribution is 6.62. The second-order valence-electron chi connectivity index (χ2n) is 15.8. The molecule has 234 valence electrons. The largest absolute Gasteiger partial charge is 0.494 e. The van der Waals surface area contributed by atoms with Crippen LogP contribution in [0.15, 0.2) is 18.2 Å². The van der Waals surface area contributed by atoms with Gasteiger partial charge in [0.1, 0.15) is 5.60 Å². The van der Waals surface area contributed by atoms with Gasteiger partial charge in [0.05, 0.1) is 28.8 Å². The van der Waals surface area contributed by atoms with Gasteiger partial charge in [0.2, 0.25) is 5.91 Å². The molecule has 1 aromatic carbocycles. The number of amides is 2. The van der Waals surface area contributed by atoms with Crippen molar-refractivity contribution in [1.29, 1.82) is 0 Å². The Hall–Kier alpha value is -2.14. The molecule has 1 saturated carbocycles. The molecular formula is C33H48BN3O6. The fourth-order valence-electron chi connectivity index (χ4n) is 7.99. The number of nitrogens with zero attached hydrogens (tertiary/aromatic N) is 3. The lowest BCUT2D eigenvalue weighted by molar-refractivity contribution is -0.126. The van der Waals surface area contributed by atoms with Crippen molar-refractivity contribution in [3.8, 4) is 0 Å². The SMILES string of the molecule is CC(C)(C)OC(=O)N1CCC2(CC1)C(=O)N(C1CC(N3CC4CCC(C3)O4)C1)c1cc(B3OC(C)(C)C(C)(C)O3)ccc12. The predicted molar refractivity (Wildman–Crippen MR) is 165 cm³/mol. The first-order chi connectivity index (χ1) is 20.2. The van der Waals surface area contributed by atoms with Gasteiger partial charge >= 0.3 is 13.2 Å². The normalized spacial score (nSPS) is 32.7. The van der Waals surface area contributed by atoms with Crippen LogP contribution in [0.2, 0.25) is 0 Å². The van der Waals surface area contributed by atoms with Gasteiger partial charge in [-0.1, -0.05) is 12.1 Å². The zero-order chi connectivity index (χ0) is 30.5. The van der Waals surface area contributed by atoms with Crippen LogP contribution in [0.25, 0.3) is 0 Å². The van der Waals surface area contributed by atoms with Gasteiger partial charge in [0.25, 0.3) is 0 Å². The Bertz CT molecular complexity index is 1270. The number of hydrogen-bond donors (Lipinski definition) is 0. The van der Waals surface area contributed by atoms with Gasteiger partial charge in [0, 0.05) is 44.0 Å². The average Bonchev–Trinajstić information content (AvgIpc) is 3.44. The highest BCUT2D eigenvalue weighted by Gasteiger charge is 2.57. The van der Waals surface area contributed by atoms with Crippen molar-refractivity contribution in [3.63, 3.8) is 0 Å². The number of carbonyl (C=O) groups is 2. The topological polar surface area (TPSA) is 80.8 Å². The van der Waals surface area contributed by atoms with Crippen molar-refractivity contribution < 1.29 is 28.4 Å². The van der Waals surface area contributed by atoms with Crippen molar-refractivity contribution in [1.82, 2.24) is 9.80 Å². The van der Waals surface area contributed by atoms with E-state index in [1.807, 2.05) is 20.8 Å². The third-order valence-electron chi connectivity index (χ3n) is 11.3. The zero-order valence-electron chi connectivity index (χ0n) is 27.0. The molecule has 6 aliphatic rings. The lowest BCUT2D eigenvalue weighted by Crippen LogP contribution is -2.60. The summed E-state index contributed by atoms with van der Waals surface area (Å²) in [6.07, 6.45) is 5.90. The molecule has 7 rings (SSSR count). The molecule has 1 spiro atoms. The summed E-state index contributed by atoms with van der Waals surface area (Å²) in [5, 5.41) is 0. The van der Waals surface area contributed by atoms with E-state index >= 15 is 0 Å². The fourth-order valence-corrected chi connectivity index (χ4v) is 7.99. The van der Waals surface area contributed by atoms with E-state index in [-0.39, 0.29) is 18.0 Å². The molecule has 2 amide bonds. The molecule has 5 heterocycles. The minimum atomic E-state index is -0.633. The number of anilines is 1. The lowest BCUT2D eigenvalue weighted by Gasteiger charge is -2.49. The van der Waals surface area contributed by atoms with Crippen LogP contribution in [0.3, 0.4) is 0 Å². The molecule has 2 atom stereocenters. The van der Waals surface area contributed by atoms with Gasteiger partial charge in [-0.25, -0.2) is 4.79 Å². The summed E-state index contributed by atoms with van der Waals surface area (Å²) in [6.45, 7) is 16.9. The third kappa shape index (κ3) is 4.91. The summed E-state index contributed by atoms with van der Waals surface area (Å²) in [5.41, 5.74) is 0.943. The Kier molecular flexibility index (Phi) is 6.83. The number of likely N-dealkylation sites (tertiary alicyclic amines) is 2. The smallest absolute Gasteiger partial charge is 0.444 e. The van der Waals surface area contributed by atoms with Crippen molar-refractivity contribution in [2.24, 2.45) is 0 Å². The number of carbonyl (C=O) groups excluding carboxylic acids is 2. The van der Waals surface area contributed by atoms with Gasteiger partial charge in [0.15, 0.2) is 0 Å². The quantitative estimate of drug-likeness (QED) is 0.491. The highest BCUT2D eigenvalue weighted by Crippen LogP contribution is 2.51. The van der Waals surface area contributed by atoms with E-state index in [0.717, 1.165) is 42.6 Å². The van der Waals surface area contributed by atoms with Gasteiger partial charge in [-0.3, -0.25) is 9.69 Å². The summed E-state index contributed by atoms with van der Waals surface area (Å²) >= 11 is 0. The molecule has 10 heteroatoms. The molecule has 5 fully saturated rings. The van der Waals surface area contributed by atoms with E-state index in [9.17, 15) is 9.59 Å². The predicted octanol–water partition coefficient (Wildman–Crippen LogP) is 4.00. The van der Waals surface area contributed by atoms with Crippen molar-refractivity contribution in [2.45, 2.75) is 134 Å². The first-order valence-electron chi connectivity index (χ1n) is 16.4. The van der Waals surface area contributed by atoms with Crippen molar-refractivity contribution in [2.75, 3.05) is 31.1 Å². The molecule has 0 N–H and O–H groups in total. The van der Waals surface area contributed by atoms with Crippen LogP contribution in [0.4, 0.5) is 10.5 Å². The number of hydrogen-bond acceptors (Lipinski definition) is 7. The van der Waals surface area contributed by atoms with E-state index in [1.165, 1.54) is 12.8 Å². The van der Waals surface area contributed by atoms with Crippen LogP contribution in [-0.2, 0) is 29.0 Å². The van der Waals surface area contributed by atoms with Gasteiger partial charge < -0.3 is 28.6 Å². The Morgan fingerprint density at radius 2 is 1.56 bits per heavy atom. The van der Waals surface area contributed by atoms with Gasteiger partial charge in [-0.2, -0.15) is 0 Å². The minimum Gasteiger partial charge on any atom is -0.444 e. The molecule has 1 aromatic rings. The van der Waals surface area contributed by atoms with E-state index in [2.05, 4.69) is 55.7 Å². The molecule has 9 nitrogen and oxygen atoms in total. The third-order valence-corrected chi connectivity index (χ3v) is 11.3. The summed E-state index contributed by atoms with van der Waals surface area (Å²) in [5.74, 6) is 0.183.